The Bertz CT molecular complexity index is 369. The third-order valence-corrected chi connectivity index (χ3v) is 4.69. The molecular formula is C15H20OS. The van der Waals surface area contributed by atoms with Crippen molar-refractivity contribution in [3.05, 3.63) is 35.4 Å². The van der Waals surface area contributed by atoms with Crippen molar-refractivity contribution >= 4 is 18.0 Å². The predicted molar refractivity (Wildman–Crippen MR) is 74.8 cm³/mol. The molecule has 0 radical (unpaired) electrons. The van der Waals surface area contributed by atoms with Crippen molar-refractivity contribution in [3.63, 3.8) is 0 Å². The lowest BCUT2D eigenvalue weighted by Gasteiger charge is -2.25. The molecule has 1 nitrogen and oxygen atoms in total. The van der Waals surface area contributed by atoms with Crippen LogP contribution < -0.4 is 0 Å². The number of carbonyl (C=O) groups excluding carboxylic acids is 1. The predicted octanol–water partition coefficient (Wildman–Crippen LogP) is 3.99. The average molecular weight is 248 g/mol. The van der Waals surface area contributed by atoms with Gasteiger partial charge in [0.05, 0.1) is 0 Å². The van der Waals surface area contributed by atoms with E-state index in [1.807, 2.05) is 0 Å². The maximum Gasteiger partial charge on any atom is 0.120 e. The van der Waals surface area contributed by atoms with Crippen LogP contribution in [0.4, 0.5) is 0 Å². The van der Waals surface area contributed by atoms with Crippen LogP contribution in [0.5, 0.6) is 0 Å². The van der Waals surface area contributed by atoms with Gasteiger partial charge >= 0.3 is 0 Å². The summed E-state index contributed by atoms with van der Waals surface area (Å²) in [5.74, 6) is 3.63. The van der Waals surface area contributed by atoms with Gasteiger partial charge in [-0.2, -0.15) is 11.8 Å². The highest BCUT2D eigenvalue weighted by atomic mass is 32.2. The molecule has 0 aromatic heterocycles. The highest BCUT2D eigenvalue weighted by Gasteiger charge is 2.20. The molecule has 0 bridgehead atoms. The highest BCUT2D eigenvalue weighted by Crippen LogP contribution is 2.36. The first-order valence-electron chi connectivity index (χ1n) is 6.43. The minimum Gasteiger partial charge on any atom is -0.303 e. The zero-order chi connectivity index (χ0) is 12.1. The van der Waals surface area contributed by atoms with E-state index in [0.717, 1.165) is 6.29 Å². The number of hydrogen-bond donors (Lipinski definition) is 0. The molecule has 1 aromatic carbocycles. The lowest BCUT2D eigenvalue weighted by atomic mass is 9.84. The van der Waals surface area contributed by atoms with Crippen LogP contribution in [0.25, 0.3) is 0 Å². The van der Waals surface area contributed by atoms with Crippen molar-refractivity contribution in [2.45, 2.75) is 38.0 Å². The second-order valence-electron chi connectivity index (χ2n) is 4.82. The van der Waals surface area contributed by atoms with Crippen LogP contribution in [0.2, 0.25) is 0 Å². The minimum atomic E-state index is 0.360. The third kappa shape index (κ3) is 3.12. The molecule has 1 unspecified atom stereocenters. The molecule has 2 rings (SSSR count). The summed E-state index contributed by atoms with van der Waals surface area (Å²) in [5, 5.41) is 0. The van der Waals surface area contributed by atoms with Gasteiger partial charge in [0.25, 0.3) is 0 Å². The third-order valence-electron chi connectivity index (χ3n) is 3.64. The fraction of sp³-hybridized carbons (Fsp3) is 0.533. The largest absolute Gasteiger partial charge is 0.303 e. The number of thioether (sulfide) groups is 1. The van der Waals surface area contributed by atoms with E-state index in [9.17, 15) is 4.79 Å². The number of rotatable bonds is 4. The maximum atomic E-state index is 10.7. The van der Waals surface area contributed by atoms with Gasteiger partial charge in [0.2, 0.25) is 0 Å². The number of hydrogen-bond acceptors (Lipinski definition) is 2. The summed E-state index contributed by atoms with van der Waals surface area (Å²) in [6.07, 6.45) is 4.25. The molecule has 1 fully saturated rings. The summed E-state index contributed by atoms with van der Waals surface area (Å²) in [6.45, 7) is 2.16. The van der Waals surface area contributed by atoms with Crippen molar-refractivity contribution < 1.29 is 4.79 Å². The molecule has 0 aliphatic carbocycles. The Balaban J connectivity index is 2.22. The molecule has 0 saturated carbocycles. The average Bonchev–Trinajstić information content (AvgIpc) is 2.40. The Kier molecular flexibility index (Phi) is 4.66. The van der Waals surface area contributed by atoms with Gasteiger partial charge in [0.15, 0.2) is 0 Å². The molecule has 1 aliphatic heterocycles. The molecule has 1 saturated heterocycles. The van der Waals surface area contributed by atoms with Crippen molar-refractivity contribution in [3.8, 4) is 0 Å². The van der Waals surface area contributed by atoms with E-state index in [1.165, 1.54) is 35.5 Å². The Hall–Kier alpha value is -0.760. The van der Waals surface area contributed by atoms with Gasteiger partial charge in [-0.15, -0.1) is 0 Å². The van der Waals surface area contributed by atoms with E-state index >= 15 is 0 Å². The molecule has 0 N–H and O–H groups in total. The summed E-state index contributed by atoms with van der Waals surface area (Å²) in [5.41, 5.74) is 2.87. The summed E-state index contributed by atoms with van der Waals surface area (Å²) in [6, 6.07) is 8.69. The summed E-state index contributed by atoms with van der Waals surface area (Å²) in [4.78, 5) is 10.7. The van der Waals surface area contributed by atoms with Gasteiger partial charge in [0.1, 0.15) is 6.29 Å². The van der Waals surface area contributed by atoms with E-state index in [0.29, 0.717) is 18.3 Å². The van der Waals surface area contributed by atoms with Crippen LogP contribution in [0.15, 0.2) is 24.3 Å². The van der Waals surface area contributed by atoms with Crippen LogP contribution in [-0.4, -0.2) is 17.8 Å². The Morgan fingerprint density at radius 1 is 1.35 bits per heavy atom. The molecule has 0 spiro atoms. The Morgan fingerprint density at radius 3 is 2.76 bits per heavy atom. The lowest BCUT2D eigenvalue weighted by molar-refractivity contribution is -0.108. The number of benzene rings is 1. The summed E-state index contributed by atoms with van der Waals surface area (Å²) >= 11 is 2.06. The first-order chi connectivity index (χ1) is 8.33. The van der Waals surface area contributed by atoms with E-state index in [2.05, 4.69) is 43.0 Å². The number of aldehydes is 1. The zero-order valence-corrected chi connectivity index (χ0v) is 11.2. The van der Waals surface area contributed by atoms with Crippen molar-refractivity contribution in [1.82, 2.24) is 0 Å². The molecule has 17 heavy (non-hydrogen) atoms. The van der Waals surface area contributed by atoms with Gasteiger partial charge in [-0.1, -0.05) is 31.2 Å². The first-order valence-corrected chi connectivity index (χ1v) is 7.58. The van der Waals surface area contributed by atoms with Crippen LogP contribution >= 0.6 is 11.8 Å². The zero-order valence-electron chi connectivity index (χ0n) is 10.4. The second kappa shape index (κ2) is 6.25. The van der Waals surface area contributed by atoms with Crippen LogP contribution in [0.3, 0.4) is 0 Å². The topological polar surface area (TPSA) is 17.1 Å². The van der Waals surface area contributed by atoms with Gasteiger partial charge in [-0.25, -0.2) is 0 Å². The van der Waals surface area contributed by atoms with Crippen molar-refractivity contribution in [2.24, 2.45) is 0 Å². The Morgan fingerprint density at radius 2 is 2.06 bits per heavy atom. The van der Waals surface area contributed by atoms with Gasteiger partial charge < -0.3 is 4.79 Å². The SMILES string of the molecule is CC(CC=O)c1ccccc1C1CCSCC1. The first kappa shape index (κ1) is 12.7. The molecule has 2 heteroatoms. The van der Waals surface area contributed by atoms with Crippen LogP contribution in [-0.2, 0) is 4.79 Å². The molecule has 1 atom stereocenters. The molecule has 92 valence electrons. The van der Waals surface area contributed by atoms with E-state index in [-0.39, 0.29) is 0 Å². The molecule has 0 amide bonds. The normalized spacial score (nSPS) is 18.9. The fourth-order valence-corrected chi connectivity index (χ4v) is 3.72. The fourth-order valence-electron chi connectivity index (χ4n) is 2.61. The van der Waals surface area contributed by atoms with Crippen LogP contribution in [0.1, 0.15) is 49.1 Å². The summed E-state index contributed by atoms with van der Waals surface area (Å²) < 4.78 is 0. The monoisotopic (exact) mass is 248 g/mol. The smallest absolute Gasteiger partial charge is 0.120 e. The highest BCUT2D eigenvalue weighted by molar-refractivity contribution is 7.99. The van der Waals surface area contributed by atoms with E-state index in [1.54, 1.807) is 0 Å². The summed E-state index contributed by atoms with van der Waals surface area (Å²) in [7, 11) is 0. The molecule has 1 heterocycles. The second-order valence-corrected chi connectivity index (χ2v) is 6.04. The molecular weight excluding hydrogens is 228 g/mol. The van der Waals surface area contributed by atoms with E-state index in [4.69, 9.17) is 0 Å². The molecule has 1 aromatic rings. The van der Waals surface area contributed by atoms with Crippen molar-refractivity contribution in [1.29, 1.82) is 0 Å². The standard InChI is InChI=1S/C15H20OS/c1-12(6-9-16)14-4-2-3-5-15(14)13-7-10-17-11-8-13/h2-5,9,12-13H,6-8,10-11H2,1H3. The van der Waals surface area contributed by atoms with Crippen molar-refractivity contribution in [2.75, 3.05) is 11.5 Å². The maximum absolute atomic E-state index is 10.7. The quantitative estimate of drug-likeness (QED) is 0.749. The van der Waals surface area contributed by atoms with Gasteiger partial charge in [0, 0.05) is 6.42 Å². The molecule has 1 aliphatic rings. The number of carbonyl (C=O) groups is 1. The van der Waals surface area contributed by atoms with E-state index < -0.39 is 0 Å². The Labute approximate surface area is 108 Å². The lowest BCUT2D eigenvalue weighted by Crippen LogP contribution is -2.11. The van der Waals surface area contributed by atoms with Crippen LogP contribution in [0, 0.1) is 0 Å². The van der Waals surface area contributed by atoms with Gasteiger partial charge in [-0.3, -0.25) is 0 Å². The van der Waals surface area contributed by atoms with Gasteiger partial charge in [-0.05, 0) is 47.3 Å². The minimum absolute atomic E-state index is 0.360.